The Hall–Kier alpha value is -3.78. The zero-order valence-corrected chi connectivity index (χ0v) is 16.9. The number of anilines is 1. The van der Waals surface area contributed by atoms with Crippen LogP contribution in [0.15, 0.2) is 77.4 Å². The van der Waals surface area contributed by atoms with Crippen molar-refractivity contribution in [2.75, 3.05) is 18.1 Å². The first kappa shape index (κ1) is 20.5. The number of rotatable bonds is 4. The number of nitrogens with one attached hydrogen (secondary N) is 1. The van der Waals surface area contributed by atoms with Crippen molar-refractivity contribution in [3.63, 3.8) is 0 Å². The van der Waals surface area contributed by atoms with Crippen LogP contribution in [0.5, 0.6) is 0 Å². The number of nitrogens with zero attached hydrogens (tertiary/aromatic N) is 3. The van der Waals surface area contributed by atoms with Crippen LogP contribution in [0.4, 0.5) is 5.69 Å². The third-order valence-corrected chi connectivity index (χ3v) is 5.07. The number of carbonyl (C=O) groups is 3. The number of piperidine rings is 1. The average Bonchev–Trinajstić information content (AvgIpc) is 3.19. The summed E-state index contributed by atoms with van der Waals surface area (Å²) in [6, 6.07) is 17.5. The quantitative estimate of drug-likeness (QED) is 0.606. The van der Waals surface area contributed by atoms with Gasteiger partial charge in [0.1, 0.15) is 5.71 Å². The summed E-state index contributed by atoms with van der Waals surface area (Å²) in [5.74, 6) is -1.61. The molecule has 31 heavy (non-hydrogen) atoms. The van der Waals surface area contributed by atoms with Gasteiger partial charge in [-0.25, -0.2) is 14.8 Å². The lowest BCUT2D eigenvalue weighted by molar-refractivity contribution is -0.140. The van der Waals surface area contributed by atoms with Crippen molar-refractivity contribution < 1.29 is 19.2 Å². The summed E-state index contributed by atoms with van der Waals surface area (Å²) in [4.78, 5) is 49.0. The van der Waals surface area contributed by atoms with Gasteiger partial charge in [0.15, 0.2) is 5.70 Å². The predicted molar refractivity (Wildman–Crippen MR) is 115 cm³/mol. The second kappa shape index (κ2) is 9.36. The molecule has 0 aromatic heterocycles. The highest BCUT2D eigenvalue weighted by molar-refractivity contribution is 6.45. The Morgan fingerprint density at radius 3 is 2.26 bits per heavy atom. The van der Waals surface area contributed by atoms with Crippen molar-refractivity contribution in [2.24, 2.45) is 4.99 Å². The molecule has 2 fully saturated rings. The molecule has 2 aromatic carbocycles. The van der Waals surface area contributed by atoms with E-state index in [1.807, 2.05) is 18.2 Å². The molecule has 0 bridgehead atoms. The van der Waals surface area contributed by atoms with Gasteiger partial charge in [-0.15, -0.1) is 0 Å². The minimum atomic E-state index is -0.671. The first-order chi connectivity index (χ1) is 15.1. The molecule has 2 aliphatic rings. The number of hydrogen-bond donors (Lipinski definition) is 1. The van der Waals surface area contributed by atoms with E-state index in [-0.39, 0.29) is 17.3 Å². The Morgan fingerprint density at radius 2 is 1.58 bits per heavy atom. The van der Waals surface area contributed by atoms with Gasteiger partial charge >= 0.3 is 5.97 Å². The Labute approximate surface area is 179 Å². The average molecular weight is 418 g/mol. The zero-order valence-electron chi connectivity index (χ0n) is 16.9. The lowest BCUT2D eigenvalue weighted by atomic mass is 10.1. The molecule has 1 N–H and O–H groups in total. The van der Waals surface area contributed by atoms with E-state index < -0.39 is 11.9 Å². The summed E-state index contributed by atoms with van der Waals surface area (Å²) < 4.78 is 0. The van der Waals surface area contributed by atoms with Crippen molar-refractivity contribution in [1.29, 1.82) is 0 Å². The van der Waals surface area contributed by atoms with E-state index in [9.17, 15) is 14.4 Å². The minimum Gasteiger partial charge on any atom is -0.345 e. The van der Waals surface area contributed by atoms with Crippen molar-refractivity contribution in [3.05, 3.63) is 78.0 Å². The van der Waals surface area contributed by atoms with Crippen molar-refractivity contribution in [2.45, 2.75) is 19.3 Å². The van der Waals surface area contributed by atoms with Crippen LogP contribution in [0, 0.1) is 0 Å². The molecule has 8 nitrogen and oxygen atoms in total. The van der Waals surface area contributed by atoms with E-state index in [2.05, 4.69) is 10.6 Å². The van der Waals surface area contributed by atoms with E-state index in [4.69, 9.17) is 4.84 Å². The fourth-order valence-electron chi connectivity index (χ4n) is 3.46. The molecule has 0 unspecified atom stereocenters. The van der Waals surface area contributed by atoms with Gasteiger partial charge in [-0.2, -0.15) is 0 Å². The first-order valence-electron chi connectivity index (χ1n) is 10.1. The maximum atomic E-state index is 13.2. The third-order valence-electron chi connectivity index (χ3n) is 5.07. The van der Waals surface area contributed by atoms with Crippen molar-refractivity contribution in [1.82, 2.24) is 10.5 Å². The predicted octanol–water partition coefficient (Wildman–Crippen LogP) is 2.65. The molecule has 0 atom stereocenters. The lowest BCUT2D eigenvalue weighted by Gasteiger charge is -2.26. The van der Waals surface area contributed by atoms with Crippen LogP contribution in [0.25, 0.3) is 0 Å². The van der Waals surface area contributed by atoms with Gasteiger partial charge < -0.3 is 9.74 Å². The maximum Gasteiger partial charge on any atom is 0.376 e. The summed E-state index contributed by atoms with van der Waals surface area (Å²) in [5.41, 5.74) is 3.49. The van der Waals surface area contributed by atoms with Crippen LogP contribution in [0.1, 0.15) is 29.6 Å². The molecule has 0 radical (unpaired) electrons. The fraction of sp³-hybridized carbons (Fsp3) is 0.217. The monoisotopic (exact) mass is 418 g/mol. The van der Waals surface area contributed by atoms with Gasteiger partial charge in [-0.3, -0.25) is 9.59 Å². The number of benzene rings is 2. The normalized spacial score (nSPS) is 18.3. The van der Waals surface area contributed by atoms with Crippen molar-refractivity contribution in [3.8, 4) is 0 Å². The molecule has 0 spiro atoms. The molecule has 2 heterocycles. The van der Waals surface area contributed by atoms with Crippen LogP contribution in [0.2, 0.25) is 0 Å². The molecule has 0 saturated carbocycles. The van der Waals surface area contributed by atoms with E-state index >= 15 is 0 Å². The smallest absolute Gasteiger partial charge is 0.345 e. The molecule has 0 aliphatic carbocycles. The molecule has 158 valence electrons. The van der Waals surface area contributed by atoms with E-state index in [1.54, 1.807) is 47.4 Å². The summed E-state index contributed by atoms with van der Waals surface area (Å²) in [7, 11) is 0. The van der Waals surface area contributed by atoms with Crippen molar-refractivity contribution >= 4 is 29.2 Å². The Bertz CT molecular complexity index is 1030. The Kier molecular flexibility index (Phi) is 6.18. The minimum absolute atomic E-state index is 0.0659. The number of likely N-dealkylation sites (tertiary alicyclic amines) is 1. The zero-order chi connectivity index (χ0) is 21.6. The Morgan fingerprint density at radius 1 is 0.935 bits per heavy atom. The van der Waals surface area contributed by atoms with E-state index in [1.165, 1.54) is 11.1 Å². The SMILES string of the molecule is O=C1ONN(c2ccccc2)/C1=C/C(=NC(=O)c1ccccc1)C(=O)N1CCCCC1. The number of aliphatic imine (C=N–C) groups is 1. The number of para-hydroxylation sites is 1. The molecule has 2 aromatic rings. The molecular weight excluding hydrogens is 396 g/mol. The molecular formula is C23H22N4O4. The van der Waals surface area contributed by atoms with Gasteiger partial charge in [0, 0.05) is 24.7 Å². The lowest BCUT2D eigenvalue weighted by Crippen LogP contribution is -2.40. The highest BCUT2D eigenvalue weighted by Gasteiger charge is 2.31. The van der Waals surface area contributed by atoms with Gasteiger partial charge in [-0.05, 0) is 43.5 Å². The number of hydrazine groups is 1. The number of amides is 2. The van der Waals surface area contributed by atoms with Crippen LogP contribution >= 0.6 is 0 Å². The topological polar surface area (TPSA) is 91.3 Å². The van der Waals surface area contributed by atoms with Crippen LogP contribution in [0.3, 0.4) is 0 Å². The highest BCUT2D eigenvalue weighted by Crippen LogP contribution is 2.22. The Balaban J connectivity index is 1.72. The van der Waals surface area contributed by atoms with Crippen LogP contribution in [-0.2, 0) is 14.4 Å². The highest BCUT2D eigenvalue weighted by atomic mass is 16.7. The first-order valence-corrected chi connectivity index (χ1v) is 10.1. The molecule has 8 heteroatoms. The maximum absolute atomic E-state index is 13.2. The second-order valence-corrected chi connectivity index (χ2v) is 7.20. The molecule has 2 saturated heterocycles. The standard InChI is InChI=1S/C23H22N4O4/c28-21(17-10-4-1-5-11-17)24-19(22(29)26-14-8-3-9-15-26)16-20-23(30)31-25-27(20)18-12-6-2-7-13-18/h1-2,4-7,10-13,16,25H,3,8-9,14-15H2/b20-16+,24-19?. The van der Waals surface area contributed by atoms with Gasteiger partial charge in [0.25, 0.3) is 11.8 Å². The van der Waals surface area contributed by atoms with E-state index in [0.717, 1.165) is 19.3 Å². The summed E-state index contributed by atoms with van der Waals surface area (Å²) in [6.07, 6.45) is 4.15. The van der Waals surface area contributed by atoms with Gasteiger partial charge in [0.05, 0.1) is 5.69 Å². The van der Waals surface area contributed by atoms with E-state index in [0.29, 0.717) is 24.3 Å². The summed E-state index contributed by atoms with van der Waals surface area (Å²) in [6.45, 7) is 1.18. The molecule has 2 amide bonds. The summed E-state index contributed by atoms with van der Waals surface area (Å²) >= 11 is 0. The summed E-state index contributed by atoms with van der Waals surface area (Å²) in [5, 5.41) is 1.41. The number of hydrogen-bond acceptors (Lipinski definition) is 6. The van der Waals surface area contributed by atoms with Crippen LogP contribution < -0.4 is 10.6 Å². The van der Waals surface area contributed by atoms with Gasteiger partial charge in [0.2, 0.25) is 0 Å². The fourth-order valence-corrected chi connectivity index (χ4v) is 3.46. The number of carbonyl (C=O) groups excluding carboxylic acids is 3. The second-order valence-electron chi connectivity index (χ2n) is 7.20. The third kappa shape index (κ3) is 4.70. The van der Waals surface area contributed by atoms with Gasteiger partial charge in [-0.1, -0.05) is 42.0 Å². The largest absolute Gasteiger partial charge is 0.376 e. The van der Waals surface area contributed by atoms with Crippen LogP contribution in [-0.4, -0.2) is 41.5 Å². The molecule has 4 rings (SSSR count). The molecule has 2 aliphatic heterocycles.